The molecule has 0 spiro atoms. The Balaban J connectivity index is -0.000000214. The molecule has 0 aliphatic carbocycles. The van der Waals surface area contributed by atoms with Crippen molar-refractivity contribution in [2.75, 3.05) is 0 Å². The summed E-state index contributed by atoms with van der Waals surface area (Å²) in [5.74, 6) is 0. The van der Waals surface area contributed by atoms with E-state index in [0.29, 0.717) is 0 Å². The molecule has 0 amide bonds. The maximum Gasteiger partial charge on any atom is 0 e. The molecule has 110 heavy (non-hydrogen) atoms. The van der Waals surface area contributed by atoms with E-state index in [0.717, 1.165) is 22.3 Å². The van der Waals surface area contributed by atoms with Crippen LogP contribution in [0.2, 0.25) is 0 Å². The zero-order chi connectivity index (χ0) is 83.5. The van der Waals surface area contributed by atoms with Crippen LogP contribution in [0.3, 0.4) is 0 Å². The van der Waals surface area contributed by atoms with Crippen LogP contribution >= 0.6 is 0 Å². The number of hydrogen-bond acceptors (Lipinski definition) is 0. The summed E-state index contributed by atoms with van der Waals surface area (Å²) in [6.07, 6.45) is 0. The zero-order valence-corrected chi connectivity index (χ0v) is 82.1. The molecule has 13 aromatic carbocycles. The molecule has 0 aromatic heterocycles. The normalized spacial score (nSPS) is 8.58. The number of hydrogen-bond donors (Lipinski definition) is 0. The van der Waals surface area contributed by atoms with Crippen LogP contribution < -0.4 is 0 Å². The molecule has 0 atom stereocenters. The minimum atomic E-state index is 0. The molecule has 0 unspecified atom stereocenters. The maximum absolute atomic E-state index is 3.24. The summed E-state index contributed by atoms with van der Waals surface area (Å²) in [6, 6.07) is 102. The van der Waals surface area contributed by atoms with E-state index < -0.39 is 0 Å². The number of rotatable bonds is 2. The fourth-order valence-corrected chi connectivity index (χ4v) is 9.83. The van der Waals surface area contributed by atoms with E-state index in [1.54, 1.807) is 0 Å². The summed E-state index contributed by atoms with van der Waals surface area (Å²) in [4.78, 5) is 0. The quantitative estimate of drug-likeness (QED) is 0.151. The van der Waals surface area contributed by atoms with Crippen LogP contribution in [0, 0.1) is 135 Å². The molecule has 13 rings (SSSR count). The summed E-state index contributed by atoms with van der Waals surface area (Å²) in [5.41, 5.74) is 25.6. The van der Waals surface area contributed by atoms with Crippen molar-refractivity contribution in [3.8, 4) is 22.3 Å². The molecule has 0 saturated carbocycles. The van der Waals surface area contributed by atoms with Crippen molar-refractivity contribution in [1.82, 2.24) is 0 Å². The van der Waals surface area contributed by atoms with Gasteiger partial charge in [-0.3, -0.25) is 0 Å². The smallest absolute Gasteiger partial charge is 0 e. The van der Waals surface area contributed by atoms with Gasteiger partial charge in [-0.25, -0.2) is 22.3 Å². The van der Waals surface area contributed by atoms with Crippen molar-refractivity contribution in [2.45, 2.75) is 249 Å². The summed E-state index contributed by atoms with van der Waals surface area (Å²) >= 11 is 0. The molecular formula is C108H150Y2-4. The Kier molecular flexibility index (Phi) is 80.1. The van der Waals surface area contributed by atoms with E-state index in [2.05, 4.69) is 366 Å². The third-order valence-corrected chi connectivity index (χ3v) is 15.2. The SMILES string of the molecule is CC.CC.CC.CC.CC.CC.CC.CC.CC.CC.Cc1c[c-]c(-c2[c-]cc(C)cc2)cc1.Cc1cc(C)c2ccccc2c1.Cc1cc[c-]c(-c2[c-]ccc(C)c2)c1.Cc1ccc(C)c2ccccc12.Cc1ccc(C)cc1.Cc1cccc(C)c1.Cc1cccc2c(C)cccc12.Cc1ccccc1C.[Y].[Y]. The van der Waals surface area contributed by atoms with Crippen molar-refractivity contribution in [1.29, 1.82) is 0 Å². The molecule has 0 bridgehead atoms. The van der Waals surface area contributed by atoms with E-state index in [9.17, 15) is 0 Å². The van der Waals surface area contributed by atoms with Gasteiger partial charge in [0.25, 0.3) is 0 Å². The van der Waals surface area contributed by atoms with Gasteiger partial charge in [0, 0.05) is 65.4 Å². The van der Waals surface area contributed by atoms with E-state index in [1.807, 2.05) is 163 Å². The van der Waals surface area contributed by atoms with Crippen LogP contribution in [0.25, 0.3) is 54.6 Å². The second-order valence-electron chi connectivity index (χ2n) is 23.3. The van der Waals surface area contributed by atoms with Crippen LogP contribution in [0.1, 0.15) is 227 Å². The first kappa shape index (κ1) is 116. The largest absolute Gasteiger partial charge is 0.226 e. The zero-order valence-electron chi connectivity index (χ0n) is 76.4. The van der Waals surface area contributed by atoms with Gasteiger partial charge in [0.1, 0.15) is 0 Å². The third-order valence-electron chi connectivity index (χ3n) is 15.2. The van der Waals surface area contributed by atoms with Gasteiger partial charge in [0.05, 0.1) is 0 Å². The van der Waals surface area contributed by atoms with Crippen molar-refractivity contribution in [2.24, 2.45) is 0 Å². The van der Waals surface area contributed by atoms with Crippen molar-refractivity contribution in [3.05, 3.63) is 368 Å². The number of benzene rings is 13. The molecule has 2 heteroatoms. The molecule has 0 fully saturated rings. The summed E-state index contributed by atoms with van der Waals surface area (Å²) < 4.78 is 0. The van der Waals surface area contributed by atoms with E-state index in [1.165, 1.54) is 121 Å². The van der Waals surface area contributed by atoms with Crippen molar-refractivity contribution >= 4 is 32.3 Å². The standard InChI is InChI=1S/2C14H12.3C12H12.3C8H10.10C2H6.2Y/c1-11-3-7-13(8-4-11)14-9-5-12(2)6-10-14;1-11-5-3-7-13(9-11)14-8-4-6-12(2)10-14;1-9-5-3-8-12-10(2)6-4-7-11(9)12;1-9-7-10(2)12-6-4-3-5-11(12)8-9;1-9-7-8-10(2)12-6-4-3-5-11(9)12;1-7-3-5-8(2)6-4-7;1-7-4-3-5-8(2)6-7;1-7-5-3-4-6-8(7)2;10*1-2;;/h3-7,9H,1-2H3;3-6,9-10H,1-2H3;3*3-8H,1-2H3;3*3-6H,1-2H3;10*1-2H3;;/q2*-2;;;;;;;;;;;;;;;;;;. The molecule has 0 nitrogen and oxygen atoms in total. The van der Waals surface area contributed by atoms with Crippen molar-refractivity contribution < 1.29 is 65.4 Å². The number of fused-ring (bicyclic) bond motifs is 3. The Morgan fingerprint density at radius 2 is 0.436 bits per heavy atom. The van der Waals surface area contributed by atoms with Gasteiger partial charge in [0.2, 0.25) is 0 Å². The van der Waals surface area contributed by atoms with Crippen molar-refractivity contribution in [3.63, 3.8) is 0 Å². The summed E-state index contributed by atoms with van der Waals surface area (Å²) in [6.45, 7) is 73.9. The molecule has 2 radical (unpaired) electrons. The first-order chi connectivity index (χ1) is 52.2. The third kappa shape index (κ3) is 49.3. The van der Waals surface area contributed by atoms with E-state index in [4.69, 9.17) is 0 Å². The average Bonchev–Trinajstić information content (AvgIpc) is 0.834. The van der Waals surface area contributed by atoms with Crippen LogP contribution in [-0.4, -0.2) is 0 Å². The Morgan fingerprint density at radius 1 is 0.164 bits per heavy atom. The monoisotopic (exact) mass is 1620 g/mol. The Bertz CT molecular complexity index is 3980. The minimum absolute atomic E-state index is 0. The molecule has 0 heterocycles. The predicted octanol–water partition coefficient (Wildman–Crippen LogP) is 34.7. The molecule has 0 N–H and O–H groups in total. The van der Waals surface area contributed by atoms with Crippen LogP contribution in [0.4, 0.5) is 0 Å². The molecular weight excluding hydrogens is 1470 g/mol. The summed E-state index contributed by atoms with van der Waals surface area (Å²) in [5, 5.41) is 8.20. The molecule has 0 aliphatic heterocycles. The topological polar surface area (TPSA) is 0 Å². The second kappa shape index (κ2) is 75.9. The molecule has 0 aliphatic rings. The van der Waals surface area contributed by atoms with Gasteiger partial charge in [-0.2, -0.15) is 84.9 Å². The van der Waals surface area contributed by atoms with Crippen LogP contribution in [0.15, 0.2) is 255 Å². The van der Waals surface area contributed by atoms with E-state index in [-0.39, 0.29) is 65.4 Å². The van der Waals surface area contributed by atoms with Gasteiger partial charge < -0.3 is 0 Å². The van der Waals surface area contributed by atoms with E-state index >= 15 is 0 Å². The molecule has 0 saturated heterocycles. The fraction of sp³-hybridized carbons (Fsp3) is 0.333. The van der Waals surface area contributed by atoms with Gasteiger partial charge in [0.15, 0.2) is 0 Å². The maximum atomic E-state index is 3.24. The van der Waals surface area contributed by atoms with Gasteiger partial charge in [-0.1, -0.05) is 376 Å². The first-order valence-corrected chi connectivity index (χ1v) is 40.6. The average molecular weight is 1630 g/mol. The van der Waals surface area contributed by atoms with Gasteiger partial charge in [-0.15, -0.1) is 34.4 Å². The Labute approximate surface area is 730 Å². The minimum Gasteiger partial charge on any atom is -0.226 e. The van der Waals surface area contributed by atoms with Gasteiger partial charge in [-0.05, 0) is 154 Å². The molecule has 592 valence electrons. The first-order valence-electron chi connectivity index (χ1n) is 40.6. The fourth-order valence-electron chi connectivity index (χ4n) is 9.83. The van der Waals surface area contributed by atoms with Gasteiger partial charge >= 0.3 is 0 Å². The predicted molar refractivity (Wildman–Crippen MR) is 500 cm³/mol. The Hall–Kier alpha value is -7.15. The Morgan fingerprint density at radius 3 is 0.736 bits per heavy atom. The molecule has 13 aromatic rings. The van der Waals surface area contributed by atoms with Crippen LogP contribution in [-0.2, 0) is 65.4 Å². The van der Waals surface area contributed by atoms with Crippen LogP contribution in [0.5, 0.6) is 0 Å². The second-order valence-corrected chi connectivity index (χ2v) is 23.3. The number of aryl methyl sites for hydroxylation is 16. The summed E-state index contributed by atoms with van der Waals surface area (Å²) in [7, 11) is 0.